The number of hydrogen-bond acceptors (Lipinski definition) is 4. The van der Waals surface area contributed by atoms with Gasteiger partial charge in [0, 0.05) is 28.2 Å². The molecule has 1 fully saturated rings. The average molecular weight is 464 g/mol. The number of aromatic nitrogens is 3. The Bertz CT molecular complexity index is 1200. The van der Waals surface area contributed by atoms with Crippen molar-refractivity contribution in [3.63, 3.8) is 0 Å². The van der Waals surface area contributed by atoms with Crippen LogP contribution in [0.15, 0.2) is 36.7 Å². The number of fused-ring (bicyclic) bond motifs is 1. The number of pyridine rings is 1. The molecule has 2 atom stereocenters. The van der Waals surface area contributed by atoms with E-state index in [1.165, 1.54) is 24.5 Å². The predicted octanol–water partition coefficient (Wildman–Crippen LogP) is 4.00. The second kappa shape index (κ2) is 8.67. The lowest BCUT2D eigenvalue weighted by Crippen LogP contribution is -2.42. The van der Waals surface area contributed by atoms with Gasteiger partial charge in [0.1, 0.15) is 17.5 Å². The summed E-state index contributed by atoms with van der Waals surface area (Å²) in [7, 11) is 0. The normalized spacial score (nSPS) is 18.8. The Hall–Kier alpha value is -3.32. The van der Waals surface area contributed by atoms with Crippen molar-refractivity contribution in [2.75, 3.05) is 5.32 Å². The Labute approximate surface area is 186 Å². The zero-order valence-electron chi connectivity index (χ0n) is 16.7. The van der Waals surface area contributed by atoms with Gasteiger partial charge in [-0.2, -0.15) is 13.2 Å². The molecule has 3 N–H and O–H groups in total. The highest BCUT2D eigenvalue weighted by Gasteiger charge is 2.34. The average Bonchev–Trinajstić information content (AvgIpc) is 3.23. The minimum Gasteiger partial charge on any atom is -0.382 e. The van der Waals surface area contributed by atoms with Crippen LogP contribution < -0.4 is 15.3 Å². The van der Waals surface area contributed by atoms with Crippen LogP contribution in [0.3, 0.4) is 0 Å². The highest BCUT2D eigenvalue weighted by molar-refractivity contribution is 6.31. The molecule has 0 spiro atoms. The number of H-pyrrole nitrogens is 1. The van der Waals surface area contributed by atoms with Crippen LogP contribution in [0.25, 0.3) is 10.9 Å². The molecule has 1 aromatic carbocycles. The fourth-order valence-electron chi connectivity index (χ4n) is 3.94. The van der Waals surface area contributed by atoms with Gasteiger partial charge in [0.25, 0.3) is 5.91 Å². The molecule has 0 radical (unpaired) electrons. The Morgan fingerprint density at radius 2 is 2.06 bits per heavy atom. The fraction of sp³-hybridized carbons (Fsp3) is 0.333. The van der Waals surface area contributed by atoms with Gasteiger partial charge in [0.2, 0.25) is 0 Å². The number of carbonyl (C=O) groups excluding carboxylic acids is 1. The van der Waals surface area contributed by atoms with Gasteiger partial charge in [-0.3, -0.25) is 4.79 Å². The van der Waals surface area contributed by atoms with Crippen molar-refractivity contribution >= 4 is 34.1 Å². The number of halogens is 4. The van der Waals surface area contributed by atoms with Crippen LogP contribution in [0.2, 0.25) is 5.02 Å². The summed E-state index contributed by atoms with van der Waals surface area (Å²) in [4.78, 5) is 16.2. The van der Waals surface area contributed by atoms with Crippen molar-refractivity contribution in [3.05, 3.63) is 52.9 Å². The maximum Gasteiger partial charge on any atom is 0.484 e. The van der Waals surface area contributed by atoms with Gasteiger partial charge in [0.05, 0.1) is 11.7 Å². The third-order valence-electron chi connectivity index (χ3n) is 5.43. The van der Waals surface area contributed by atoms with E-state index in [1.54, 1.807) is 6.07 Å². The molecule has 11 heteroatoms. The van der Waals surface area contributed by atoms with Crippen molar-refractivity contribution in [2.45, 2.75) is 43.9 Å². The molecule has 0 aliphatic heterocycles. The van der Waals surface area contributed by atoms with Crippen molar-refractivity contribution in [1.82, 2.24) is 15.4 Å². The van der Waals surface area contributed by atoms with Crippen LogP contribution in [-0.2, 0) is 6.18 Å². The van der Waals surface area contributed by atoms with E-state index < -0.39 is 11.9 Å². The summed E-state index contributed by atoms with van der Waals surface area (Å²) in [5, 5.41) is 18.5. The van der Waals surface area contributed by atoms with E-state index in [-0.39, 0.29) is 23.5 Å². The molecule has 2 aromatic heterocycles. The molecule has 7 nitrogen and oxygen atoms in total. The maximum absolute atomic E-state index is 13.4. The molecule has 1 aliphatic rings. The van der Waals surface area contributed by atoms with E-state index >= 15 is 0 Å². The van der Waals surface area contributed by atoms with Gasteiger partial charge in [-0.25, -0.2) is 10.1 Å². The van der Waals surface area contributed by atoms with Crippen molar-refractivity contribution < 1.29 is 22.6 Å². The highest BCUT2D eigenvalue weighted by Crippen LogP contribution is 2.35. The zero-order valence-corrected chi connectivity index (χ0v) is 17.5. The SMILES string of the molecule is N#C[n+]1cc(C(=O)N[C@@H]2CCC[C@H](Nc3cc(C(F)(F)F)nc4ccc(Cl)cc34)C2)c[nH]1. The van der Waals surface area contributed by atoms with E-state index in [1.807, 2.05) is 6.19 Å². The third kappa shape index (κ3) is 4.78. The van der Waals surface area contributed by atoms with Crippen LogP contribution in [-0.4, -0.2) is 28.1 Å². The molecular formula is C21H19ClF3N6O+. The topological polar surface area (TPSA) is 97.5 Å². The molecule has 2 heterocycles. The second-order valence-corrected chi connectivity index (χ2v) is 8.16. The van der Waals surface area contributed by atoms with Gasteiger partial charge in [-0.1, -0.05) is 16.3 Å². The lowest BCUT2D eigenvalue weighted by Gasteiger charge is -2.31. The molecule has 1 aliphatic carbocycles. The maximum atomic E-state index is 13.4. The lowest BCUT2D eigenvalue weighted by atomic mass is 9.90. The molecule has 0 unspecified atom stereocenters. The Kier molecular flexibility index (Phi) is 5.93. The van der Waals surface area contributed by atoms with Crippen molar-refractivity contribution in [3.8, 4) is 6.19 Å². The largest absolute Gasteiger partial charge is 0.484 e. The summed E-state index contributed by atoms with van der Waals surface area (Å²) >= 11 is 6.06. The fourth-order valence-corrected chi connectivity index (χ4v) is 4.11. The lowest BCUT2D eigenvalue weighted by molar-refractivity contribution is -0.646. The molecular weight excluding hydrogens is 445 g/mol. The number of carbonyl (C=O) groups is 1. The molecule has 4 rings (SSSR count). The minimum absolute atomic E-state index is 0.144. The van der Waals surface area contributed by atoms with E-state index in [4.69, 9.17) is 16.9 Å². The molecule has 1 saturated carbocycles. The predicted molar refractivity (Wildman–Crippen MR) is 111 cm³/mol. The van der Waals surface area contributed by atoms with Crippen LogP contribution in [0.5, 0.6) is 0 Å². The zero-order chi connectivity index (χ0) is 22.9. The molecule has 0 bridgehead atoms. The molecule has 1 amide bonds. The number of anilines is 1. The monoisotopic (exact) mass is 463 g/mol. The molecule has 166 valence electrons. The number of aromatic amines is 1. The highest BCUT2D eigenvalue weighted by atomic mass is 35.5. The van der Waals surface area contributed by atoms with E-state index in [9.17, 15) is 18.0 Å². The van der Waals surface area contributed by atoms with Crippen LogP contribution in [0, 0.1) is 11.5 Å². The summed E-state index contributed by atoms with van der Waals surface area (Å²) in [5.74, 6) is -0.318. The van der Waals surface area contributed by atoms with E-state index in [0.717, 1.165) is 30.0 Å². The van der Waals surface area contributed by atoms with Gasteiger partial charge >= 0.3 is 12.4 Å². The number of amides is 1. The third-order valence-corrected chi connectivity index (χ3v) is 5.66. The van der Waals surface area contributed by atoms with Gasteiger partial charge in [0.15, 0.2) is 5.26 Å². The van der Waals surface area contributed by atoms with Crippen LogP contribution in [0.4, 0.5) is 18.9 Å². The number of hydrogen-bond donors (Lipinski definition) is 3. The summed E-state index contributed by atoms with van der Waals surface area (Å²) < 4.78 is 41.2. The molecule has 32 heavy (non-hydrogen) atoms. The summed E-state index contributed by atoms with van der Waals surface area (Å²) in [6, 6.07) is 5.26. The Balaban J connectivity index is 1.53. The standard InChI is InChI=1S/C21H18ClF3N6O/c22-13-4-5-17-16(6-13)18(8-19(30-17)21(23,24)25)28-14-2-1-3-15(7-14)29-20(32)12-9-27-31(10-12)11-26/h4-6,8-10,14-15H,1-3,7H2,(H2,28,29,30,32)/p+1/t14-,15+/m0/s1. The number of nitrogens with one attached hydrogen (secondary N) is 3. The first-order chi connectivity index (χ1) is 15.2. The number of nitriles is 1. The van der Waals surface area contributed by atoms with Crippen LogP contribution in [0.1, 0.15) is 41.7 Å². The van der Waals surface area contributed by atoms with Crippen molar-refractivity contribution in [2.24, 2.45) is 0 Å². The summed E-state index contributed by atoms with van der Waals surface area (Å²) in [6.07, 6.45) is 2.93. The Morgan fingerprint density at radius 3 is 2.78 bits per heavy atom. The number of benzene rings is 1. The Morgan fingerprint density at radius 1 is 1.28 bits per heavy atom. The van der Waals surface area contributed by atoms with Gasteiger partial charge < -0.3 is 10.6 Å². The first kappa shape index (κ1) is 21.9. The van der Waals surface area contributed by atoms with Crippen LogP contribution >= 0.6 is 11.6 Å². The minimum atomic E-state index is -4.58. The van der Waals surface area contributed by atoms with Gasteiger partial charge in [-0.15, -0.1) is 0 Å². The van der Waals surface area contributed by atoms with E-state index in [2.05, 4.69) is 20.7 Å². The second-order valence-electron chi connectivity index (χ2n) is 7.72. The smallest absolute Gasteiger partial charge is 0.382 e. The molecule has 3 aromatic rings. The summed E-state index contributed by atoms with van der Waals surface area (Å²) in [5.41, 5.74) is -0.145. The first-order valence-corrected chi connectivity index (χ1v) is 10.4. The van der Waals surface area contributed by atoms with E-state index in [0.29, 0.717) is 28.1 Å². The number of rotatable bonds is 4. The molecule has 0 saturated heterocycles. The summed E-state index contributed by atoms with van der Waals surface area (Å²) in [6.45, 7) is 0. The quantitative estimate of drug-likeness (QED) is 0.509. The number of nitrogens with zero attached hydrogens (tertiary/aromatic N) is 3. The first-order valence-electron chi connectivity index (χ1n) is 9.98. The van der Waals surface area contributed by atoms with Crippen molar-refractivity contribution in [1.29, 1.82) is 5.26 Å². The number of alkyl halides is 3. The van der Waals surface area contributed by atoms with Gasteiger partial charge in [-0.05, 0) is 49.9 Å².